The first kappa shape index (κ1) is 31.2. The number of fused-ring (bicyclic) bond motifs is 3. The molecule has 0 radical (unpaired) electrons. The number of carbonyl (C=O) groups excluding carboxylic acids is 2. The smallest absolute Gasteiger partial charge is 0.286 e. The summed E-state index contributed by atoms with van der Waals surface area (Å²) < 4.78 is 23.6. The summed E-state index contributed by atoms with van der Waals surface area (Å²) in [4.78, 5) is 27.2. The molecule has 1 fully saturated rings. The van der Waals surface area contributed by atoms with Crippen molar-refractivity contribution in [1.82, 2.24) is 10.2 Å². The van der Waals surface area contributed by atoms with Gasteiger partial charge in [-0.1, -0.05) is 42.5 Å². The van der Waals surface area contributed by atoms with Gasteiger partial charge in [0.15, 0.2) is 5.76 Å². The van der Waals surface area contributed by atoms with Crippen molar-refractivity contribution in [3.05, 3.63) is 71.0 Å². The number of ether oxygens (including phenoxy) is 4. The average Bonchev–Trinajstić information content (AvgIpc) is 3.62. The number of nitrogens with one attached hydrogen (secondary N) is 1. The standard InChI is InChI=1S/C34H44N2O7/c1-2-42-34-28(13-18-40-20-21-41-19-17-37)30(27-11-5-10-26-25-9-4-3-8-24(25)22-29(26)27)23-31(43-34)33(39)35-14-7-16-36-15-6-12-32(36)38/h3-5,8-11,23,28,30,34,37H,2,6-7,12-22H2,1H3,(H,35,39)/t28-,30-,34-/m1/s1. The van der Waals surface area contributed by atoms with Gasteiger partial charge in [0.1, 0.15) is 0 Å². The zero-order valence-electron chi connectivity index (χ0n) is 25.1. The van der Waals surface area contributed by atoms with Gasteiger partial charge in [-0.3, -0.25) is 9.59 Å². The Hall–Kier alpha value is -3.24. The molecule has 0 bridgehead atoms. The van der Waals surface area contributed by atoms with Crippen LogP contribution in [0.3, 0.4) is 0 Å². The largest absolute Gasteiger partial charge is 0.459 e. The fraction of sp³-hybridized carbons (Fsp3) is 0.529. The Bertz CT molecular complexity index is 1280. The predicted molar refractivity (Wildman–Crippen MR) is 162 cm³/mol. The molecular formula is C34H44N2O7. The number of aliphatic hydroxyl groups is 1. The van der Waals surface area contributed by atoms with E-state index < -0.39 is 6.29 Å². The summed E-state index contributed by atoms with van der Waals surface area (Å²) in [5.74, 6) is -0.00671. The van der Waals surface area contributed by atoms with Crippen LogP contribution in [0.15, 0.2) is 54.3 Å². The highest BCUT2D eigenvalue weighted by Crippen LogP contribution is 2.45. The second-order valence-corrected chi connectivity index (χ2v) is 11.2. The van der Waals surface area contributed by atoms with Gasteiger partial charge in [-0.25, -0.2) is 0 Å². The molecule has 5 rings (SSSR count). The Morgan fingerprint density at radius 2 is 1.88 bits per heavy atom. The van der Waals surface area contributed by atoms with Crippen LogP contribution >= 0.6 is 0 Å². The van der Waals surface area contributed by atoms with E-state index in [4.69, 9.17) is 24.1 Å². The summed E-state index contributed by atoms with van der Waals surface area (Å²) in [5, 5.41) is 11.9. The van der Waals surface area contributed by atoms with Crippen LogP contribution in [0.5, 0.6) is 0 Å². The molecule has 9 nitrogen and oxygen atoms in total. The lowest BCUT2D eigenvalue weighted by atomic mass is 9.78. The minimum absolute atomic E-state index is 0.0112. The van der Waals surface area contributed by atoms with E-state index in [1.807, 2.05) is 17.9 Å². The van der Waals surface area contributed by atoms with Crippen LogP contribution in [0.2, 0.25) is 0 Å². The van der Waals surface area contributed by atoms with Gasteiger partial charge in [0, 0.05) is 51.1 Å². The lowest BCUT2D eigenvalue weighted by Crippen LogP contribution is -2.40. The Labute approximate surface area is 254 Å². The van der Waals surface area contributed by atoms with Crippen molar-refractivity contribution < 1.29 is 33.6 Å². The summed E-state index contributed by atoms with van der Waals surface area (Å²) in [5.41, 5.74) is 6.25. The van der Waals surface area contributed by atoms with Crippen LogP contribution in [0.1, 0.15) is 55.2 Å². The van der Waals surface area contributed by atoms with Gasteiger partial charge in [0.05, 0.1) is 26.4 Å². The molecular weight excluding hydrogens is 548 g/mol. The van der Waals surface area contributed by atoms with Crippen LogP contribution < -0.4 is 5.32 Å². The van der Waals surface area contributed by atoms with Crippen molar-refractivity contribution in [2.45, 2.75) is 51.2 Å². The van der Waals surface area contributed by atoms with E-state index in [2.05, 4.69) is 47.8 Å². The zero-order valence-corrected chi connectivity index (χ0v) is 25.1. The molecule has 2 heterocycles. The maximum atomic E-state index is 13.4. The number of aliphatic hydroxyl groups excluding tert-OH is 1. The van der Waals surface area contributed by atoms with Crippen molar-refractivity contribution in [1.29, 1.82) is 0 Å². The van der Waals surface area contributed by atoms with E-state index in [1.165, 1.54) is 27.8 Å². The van der Waals surface area contributed by atoms with E-state index in [-0.39, 0.29) is 36.0 Å². The third kappa shape index (κ3) is 7.65. The van der Waals surface area contributed by atoms with Gasteiger partial charge in [-0.2, -0.15) is 0 Å². The van der Waals surface area contributed by atoms with E-state index >= 15 is 0 Å². The van der Waals surface area contributed by atoms with Crippen molar-refractivity contribution >= 4 is 11.8 Å². The van der Waals surface area contributed by atoms with Crippen LogP contribution in [0.4, 0.5) is 0 Å². The maximum Gasteiger partial charge on any atom is 0.286 e. The van der Waals surface area contributed by atoms with Gasteiger partial charge in [0.25, 0.3) is 5.91 Å². The summed E-state index contributed by atoms with van der Waals surface area (Å²) in [6, 6.07) is 15.0. The topological polar surface area (TPSA) is 107 Å². The summed E-state index contributed by atoms with van der Waals surface area (Å²) in [6.45, 7) is 5.89. The van der Waals surface area contributed by atoms with Crippen molar-refractivity contribution in [3.63, 3.8) is 0 Å². The minimum atomic E-state index is -0.614. The molecule has 9 heteroatoms. The van der Waals surface area contributed by atoms with Gasteiger partial charge in [-0.15, -0.1) is 0 Å². The number of carbonyl (C=O) groups is 2. The lowest BCUT2D eigenvalue weighted by molar-refractivity contribution is -0.168. The molecule has 0 aromatic heterocycles. The minimum Gasteiger partial charge on any atom is -0.459 e. The van der Waals surface area contributed by atoms with Crippen LogP contribution in [-0.4, -0.2) is 87.4 Å². The molecule has 0 spiro atoms. The first-order valence-corrected chi connectivity index (χ1v) is 15.6. The molecule has 2 aromatic carbocycles. The SMILES string of the molecule is CCO[C@@H]1OC(C(=O)NCCCN2CCCC2=O)=C[C@H](c2cccc3c2Cc2ccccc2-3)[C@H]1CCOCCOCCO. The zero-order chi connectivity index (χ0) is 30.0. The third-order valence-electron chi connectivity index (χ3n) is 8.45. The highest BCUT2D eigenvalue weighted by atomic mass is 16.7. The molecule has 2 N–H and O–H groups in total. The van der Waals surface area contributed by atoms with E-state index in [1.54, 1.807) is 0 Å². The Kier molecular flexibility index (Phi) is 11.2. The molecule has 1 saturated heterocycles. The summed E-state index contributed by atoms with van der Waals surface area (Å²) >= 11 is 0. The number of allylic oxidation sites excluding steroid dienone is 1. The normalized spacial score (nSPS) is 20.9. The second-order valence-electron chi connectivity index (χ2n) is 11.2. The van der Waals surface area contributed by atoms with Crippen LogP contribution in [0, 0.1) is 5.92 Å². The highest BCUT2D eigenvalue weighted by Gasteiger charge is 2.39. The lowest BCUT2D eigenvalue weighted by Gasteiger charge is -2.37. The molecule has 0 saturated carbocycles. The monoisotopic (exact) mass is 592 g/mol. The predicted octanol–water partition coefficient (Wildman–Crippen LogP) is 3.78. The van der Waals surface area contributed by atoms with E-state index in [0.717, 1.165) is 19.4 Å². The van der Waals surface area contributed by atoms with E-state index in [0.29, 0.717) is 65.4 Å². The Morgan fingerprint density at radius 3 is 2.67 bits per heavy atom. The number of hydrogen-bond acceptors (Lipinski definition) is 7. The number of nitrogens with zero attached hydrogens (tertiary/aromatic N) is 1. The number of likely N-dealkylation sites (tertiary alicyclic amines) is 1. The molecule has 3 aliphatic rings. The molecule has 2 aliphatic heterocycles. The van der Waals surface area contributed by atoms with Crippen LogP contribution in [-0.2, 0) is 35.0 Å². The molecule has 1 aliphatic carbocycles. The number of benzene rings is 2. The molecule has 232 valence electrons. The second kappa shape index (κ2) is 15.5. The van der Waals surface area contributed by atoms with E-state index in [9.17, 15) is 9.59 Å². The van der Waals surface area contributed by atoms with Crippen LogP contribution in [0.25, 0.3) is 11.1 Å². The molecule has 2 aromatic rings. The maximum absolute atomic E-state index is 13.4. The molecule has 3 atom stereocenters. The van der Waals surface area contributed by atoms with Gasteiger partial charge in [0.2, 0.25) is 12.2 Å². The number of hydrogen-bond donors (Lipinski definition) is 2. The third-order valence-corrected chi connectivity index (χ3v) is 8.45. The fourth-order valence-electron chi connectivity index (χ4n) is 6.39. The first-order chi connectivity index (χ1) is 21.1. The fourth-order valence-corrected chi connectivity index (χ4v) is 6.39. The van der Waals surface area contributed by atoms with Crippen molar-refractivity contribution in [2.75, 3.05) is 59.3 Å². The molecule has 2 amide bonds. The quantitative estimate of drug-likeness (QED) is 0.244. The Balaban J connectivity index is 1.35. The van der Waals surface area contributed by atoms with Crippen molar-refractivity contribution in [2.24, 2.45) is 5.92 Å². The average molecular weight is 593 g/mol. The molecule has 0 unspecified atom stereocenters. The van der Waals surface area contributed by atoms with Gasteiger partial charge in [-0.05, 0) is 66.5 Å². The van der Waals surface area contributed by atoms with Crippen molar-refractivity contribution in [3.8, 4) is 11.1 Å². The number of rotatable bonds is 16. The van der Waals surface area contributed by atoms with Gasteiger partial charge >= 0.3 is 0 Å². The number of amides is 2. The summed E-state index contributed by atoms with van der Waals surface area (Å²) in [7, 11) is 0. The summed E-state index contributed by atoms with van der Waals surface area (Å²) in [6.07, 6.45) is 5.07. The Morgan fingerprint density at radius 1 is 1.07 bits per heavy atom. The highest BCUT2D eigenvalue weighted by molar-refractivity contribution is 5.91. The first-order valence-electron chi connectivity index (χ1n) is 15.6. The van der Waals surface area contributed by atoms with Gasteiger partial charge < -0.3 is 34.3 Å². The molecule has 43 heavy (non-hydrogen) atoms.